The van der Waals surface area contributed by atoms with Crippen molar-refractivity contribution < 1.29 is 14.6 Å². The second-order valence-electron chi connectivity index (χ2n) is 4.24. The van der Waals surface area contributed by atoms with Gasteiger partial charge in [-0.2, -0.15) is 0 Å². The van der Waals surface area contributed by atoms with E-state index >= 15 is 0 Å². The van der Waals surface area contributed by atoms with E-state index in [1.165, 1.54) is 4.90 Å². The van der Waals surface area contributed by atoms with Crippen molar-refractivity contribution >= 4 is 5.91 Å². The van der Waals surface area contributed by atoms with Gasteiger partial charge in [-0.1, -0.05) is 19.1 Å². The van der Waals surface area contributed by atoms with Gasteiger partial charge in [0.15, 0.2) is 0 Å². The van der Waals surface area contributed by atoms with Crippen molar-refractivity contribution in [2.75, 3.05) is 21.2 Å². The van der Waals surface area contributed by atoms with Gasteiger partial charge in [0.2, 0.25) is 5.91 Å². The van der Waals surface area contributed by atoms with E-state index in [4.69, 9.17) is 4.74 Å². The lowest BCUT2D eigenvalue weighted by atomic mass is 9.96. The van der Waals surface area contributed by atoms with Gasteiger partial charge in [0, 0.05) is 14.1 Å². The maximum atomic E-state index is 11.7. The molecule has 0 aliphatic carbocycles. The van der Waals surface area contributed by atoms with Crippen LogP contribution in [0.5, 0.6) is 5.75 Å². The Kier molecular flexibility index (Phi) is 4.52. The number of hydrogen-bond donors (Lipinski definition) is 1. The maximum Gasteiger partial charge on any atom is 0.227 e. The number of hydrogen-bond acceptors (Lipinski definition) is 3. The molecule has 1 rings (SSSR count). The van der Waals surface area contributed by atoms with Gasteiger partial charge >= 0.3 is 0 Å². The third kappa shape index (κ3) is 3.20. The SMILES string of the molecule is COc1cccc([C@@H](O)[C@H](C)C(=O)N(C)C)c1. The van der Waals surface area contributed by atoms with Crippen LogP contribution in [0.2, 0.25) is 0 Å². The van der Waals surface area contributed by atoms with Crippen molar-refractivity contribution in [3.8, 4) is 5.75 Å². The van der Waals surface area contributed by atoms with Crippen LogP contribution in [-0.2, 0) is 4.79 Å². The summed E-state index contributed by atoms with van der Waals surface area (Å²) in [7, 11) is 4.92. The van der Waals surface area contributed by atoms with Crippen molar-refractivity contribution in [3.05, 3.63) is 29.8 Å². The summed E-state index contributed by atoms with van der Waals surface area (Å²) in [6.07, 6.45) is -0.819. The summed E-state index contributed by atoms with van der Waals surface area (Å²) >= 11 is 0. The van der Waals surface area contributed by atoms with Crippen LogP contribution in [0.4, 0.5) is 0 Å². The average Bonchev–Trinajstić information content (AvgIpc) is 2.36. The predicted molar refractivity (Wildman–Crippen MR) is 65.8 cm³/mol. The third-order valence-corrected chi connectivity index (χ3v) is 2.74. The summed E-state index contributed by atoms with van der Waals surface area (Å²) in [5.41, 5.74) is 0.687. The molecule has 0 spiro atoms. The molecular formula is C13H19NO3. The molecule has 0 fully saturated rings. The Morgan fingerprint density at radius 3 is 2.59 bits per heavy atom. The van der Waals surface area contributed by atoms with Crippen LogP contribution in [0, 0.1) is 5.92 Å². The van der Waals surface area contributed by atoms with Crippen LogP contribution >= 0.6 is 0 Å². The van der Waals surface area contributed by atoms with Gasteiger partial charge in [0.1, 0.15) is 5.75 Å². The van der Waals surface area contributed by atoms with E-state index in [2.05, 4.69) is 0 Å². The molecule has 17 heavy (non-hydrogen) atoms. The van der Waals surface area contributed by atoms with E-state index in [1.807, 2.05) is 0 Å². The molecule has 1 aromatic carbocycles. The Labute approximate surface area is 102 Å². The van der Waals surface area contributed by atoms with Gasteiger partial charge in [-0.05, 0) is 17.7 Å². The van der Waals surface area contributed by atoms with Crippen molar-refractivity contribution in [2.45, 2.75) is 13.0 Å². The minimum absolute atomic E-state index is 0.0969. The first-order valence-corrected chi connectivity index (χ1v) is 5.50. The highest BCUT2D eigenvalue weighted by atomic mass is 16.5. The highest BCUT2D eigenvalue weighted by Gasteiger charge is 2.24. The predicted octanol–water partition coefficient (Wildman–Crippen LogP) is 1.45. The molecular weight excluding hydrogens is 218 g/mol. The Bertz CT molecular complexity index is 390. The zero-order valence-electron chi connectivity index (χ0n) is 10.7. The van der Waals surface area contributed by atoms with Crippen LogP contribution in [-0.4, -0.2) is 37.1 Å². The van der Waals surface area contributed by atoms with Gasteiger partial charge < -0.3 is 14.7 Å². The number of amides is 1. The number of nitrogens with zero attached hydrogens (tertiary/aromatic N) is 1. The topological polar surface area (TPSA) is 49.8 Å². The molecule has 4 heteroatoms. The highest BCUT2D eigenvalue weighted by molar-refractivity contribution is 5.78. The number of methoxy groups -OCH3 is 1. The molecule has 4 nitrogen and oxygen atoms in total. The molecule has 0 unspecified atom stereocenters. The third-order valence-electron chi connectivity index (χ3n) is 2.74. The number of benzene rings is 1. The molecule has 0 radical (unpaired) electrons. The minimum atomic E-state index is -0.819. The number of carbonyl (C=O) groups is 1. The average molecular weight is 237 g/mol. The largest absolute Gasteiger partial charge is 0.497 e. The monoisotopic (exact) mass is 237 g/mol. The summed E-state index contributed by atoms with van der Waals surface area (Å²) in [6, 6.07) is 7.12. The van der Waals surface area contributed by atoms with Gasteiger partial charge in [-0.15, -0.1) is 0 Å². The summed E-state index contributed by atoms with van der Waals surface area (Å²) in [4.78, 5) is 13.2. The molecule has 0 aliphatic rings. The molecule has 0 aromatic heterocycles. The number of carbonyl (C=O) groups excluding carboxylic acids is 1. The van der Waals surface area contributed by atoms with Crippen LogP contribution < -0.4 is 4.74 Å². The normalized spacial score (nSPS) is 13.9. The first-order chi connectivity index (χ1) is 7.97. The standard InChI is InChI=1S/C13H19NO3/c1-9(13(16)14(2)3)12(15)10-6-5-7-11(8-10)17-4/h5-9,12,15H,1-4H3/t9-,12-/m0/s1. The highest BCUT2D eigenvalue weighted by Crippen LogP contribution is 2.25. The smallest absolute Gasteiger partial charge is 0.227 e. The van der Waals surface area contributed by atoms with Gasteiger partial charge in [0.25, 0.3) is 0 Å². The molecule has 1 aromatic rings. The molecule has 0 bridgehead atoms. The molecule has 1 amide bonds. The van der Waals surface area contributed by atoms with Crippen molar-refractivity contribution in [1.82, 2.24) is 4.90 Å². The zero-order chi connectivity index (χ0) is 13.0. The summed E-state index contributed by atoms with van der Waals surface area (Å²) < 4.78 is 5.09. The van der Waals surface area contributed by atoms with Gasteiger partial charge in [-0.25, -0.2) is 0 Å². The fraction of sp³-hybridized carbons (Fsp3) is 0.462. The zero-order valence-corrected chi connectivity index (χ0v) is 10.7. The second-order valence-corrected chi connectivity index (χ2v) is 4.24. The Balaban J connectivity index is 2.88. The summed E-state index contributed by atoms with van der Waals surface area (Å²) in [5.74, 6) is 0.100. The summed E-state index contributed by atoms with van der Waals surface area (Å²) in [5, 5.41) is 10.1. The van der Waals surface area contributed by atoms with Crippen LogP contribution in [0.1, 0.15) is 18.6 Å². The molecule has 1 N–H and O–H groups in total. The van der Waals surface area contributed by atoms with E-state index in [9.17, 15) is 9.90 Å². The fourth-order valence-corrected chi connectivity index (χ4v) is 1.66. The molecule has 2 atom stereocenters. The lowest BCUT2D eigenvalue weighted by Gasteiger charge is -2.22. The van der Waals surface area contributed by atoms with E-state index in [0.717, 1.165) is 0 Å². The van der Waals surface area contributed by atoms with Crippen molar-refractivity contribution in [2.24, 2.45) is 5.92 Å². The molecule has 0 saturated carbocycles. The van der Waals surface area contributed by atoms with Crippen molar-refractivity contribution in [1.29, 1.82) is 0 Å². The summed E-state index contributed by atoms with van der Waals surface area (Å²) in [6.45, 7) is 1.71. The van der Waals surface area contributed by atoms with Crippen LogP contribution in [0.25, 0.3) is 0 Å². The van der Waals surface area contributed by atoms with Crippen LogP contribution in [0.15, 0.2) is 24.3 Å². The van der Waals surface area contributed by atoms with E-state index in [0.29, 0.717) is 11.3 Å². The Hall–Kier alpha value is -1.55. The quantitative estimate of drug-likeness (QED) is 0.862. The Morgan fingerprint density at radius 1 is 1.41 bits per heavy atom. The fourth-order valence-electron chi connectivity index (χ4n) is 1.66. The maximum absolute atomic E-state index is 11.7. The van der Waals surface area contributed by atoms with Crippen LogP contribution in [0.3, 0.4) is 0 Å². The first kappa shape index (κ1) is 13.5. The number of aliphatic hydroxyl groups excluding tert-OH is 1. The second kappa shape index (κ2) is 5.68. The van der Waals surface area contributed by atoms with E-state index < -0.39 is 12.0 Å². The van der Waals surface area contributed by atoms with E-state index in [-0.39, 0.29) is 5.91 Å². The Morgan fingerprint density at radius 2 is 2.06 bits per heavy atom. The first-order valence-electron chi connectivity index (χ1n) is 5.50. The number of ether oxygens (including phenoxy) is 1. The lowest BCUT2D eigenvalue weighted by molar-refractivity contribution is -0.136. The molecule has 0 heterocycles. The number of rotatable bonds is 4. The molecule has 0 aliphatic heterocycles. The molecule has 94 valence electrons. The minimum Gasteiger partial charge on any atom is -0.497 e. The molecule has 0 saturated heterocycles. The van der Waals surface area contributed by atoms with Crippen molar-refractivity contribution in [3.63, 3.8) is 0 Å². The van der Waals surface area contributed by atoms with Gasteiger partial charge in [-0.3, -0.25) is 4.79 Å². The van der Waals surface area contributed by atoms with E-state index in [1.54, 1.807) is 52.4 Å². The van der Waals surface area contributed by atoms with Gasteiger partial charge in [0.05, 0.1) is 19.1 Å². The number of aliphatic hydroxyl groups is 1. The lowest BCUT2D eigenvalue weighted by Crippen LogP contribution is -2.31.